The van der Waals surface area contributed by atoms with Crippen molar-refractivity contribution in [3.05, 3.63) is 23.9 Å². The van der Waals surface area contributed by atoms with Crippen molar-refractivity contribution in [2.24, 2.45) is 0 Å². The fourth-order valence-electron chi connectivity index (χ4n) is 1.00. The molecule has 0 aliphatic heterocycles. The van der Waals surface area contributed by atoms with E-state index < -0.39 is 12.0 Å². The van der Waals surface area contributed by atoms with Gasteiger partial charge in [-0.1, -0.05) is 0 Å². The Hall–Kier alpha value is -1.66. The molecule has 0 amide bonds. The first-order valence-corrected chi connectivity index (χ1v) is 4.35. The molecular weight excluding hydrogens is 200 g/mol. The molecule has 0 spiro atoms. The number of rotatable bonds is 5. The summed E-state index contributed by atoms with van der Waals surface area (Å²) in [5.74, 6) is -0.743. The van der Waals surface area contributed by atoms with Gasteiger partial charge >= 0.3 is 5.97 Å². The summed E-state index contributed by atoms with van der Waals surface area (Å²) in [7, 11) is 0. The number of anilines is 1. The minimum absolute atomic E-state index is 0.0992. The Morgan fingerprint density at radius 3 is 2.67 bits per heavy atom. The predicted molar refractivity (Wildman–Crippen MR) is 52.8 cm³/mol. The molecule has 1 heterocycles. The number of aromatic carboxylic acids is 1. The number of carboxylic acids is 1. The zero-order valence-corrected chi connectivity index (χ0v) is 7.92. The van der Waals surface area contributed by atoms with E-state index in [0.29, 0.717) is 5.82 Å². The average molecular weight is 212 g/mol. The van der Waals surface area contributed by atoms with Crippen LogP contribution in [0.1, 0.15) is 10.4 Å². The Kier molecular flexibility index (Phi) is 4.02. The van der Waals surface area contributed by atoms with Gasteiger partial charge in [-0.2, -0.15) is 0 Å². The van der Waals surface area contributed by atoms with Crippen molar-refractivity contribution >= 4 is 11.8 Å². The smallest absolute Gasteiger partial charge is 0.335 e. The zero-order valence-electron chi connectivity index (χ0n) is 7.92. The molecule has 0 radical (unpaired) electrons. The van der Waals surface area contributed by atoms with Crippen LogP contribution in [0.5, 0.6) is 0 Å². The van der Waals surface area contributed by atoms with Gasteiger partial charge in [0.15, 0.2) is 0 Å². The lowest BCUT2D eigenvalue weighted by Gasteiger charge is -2.13. The molecule has 6 heteroatoms. The first-order chi connectivity index (χ1) is 7.17. The van der Waals surface area contributed by atoms with E-state index in [2.05, 4.69) is 10.3 Å². The van der Waals surface area contributed by atoms with Crippen LogP contribution in [0, 0.1) is 0 Å². The van der Waals surface area contributed by atoms with E-state index in [0.717, 1.165) is 0 Å². The minimum Gasteiger partial charge on any atom is -0.478 e. The SMILES string of the molecule is O=C(O)c1ccnc(NC(CO)CO)c1. The van der Waals surface area contributed by atoms with Crippen molar-refractivity contribution in [2.75, 3.05) is 18.5 Å². The standard InChI is InChI=1S/C9H12N2O4/c12-4-7(5-13)11-8-3-6(9(14)15)1-2-10-8/h1-3,7,12-13H,4-5H2,(H,10,11)(H,14,15). The number of carbonyl (C=O) groups is 1. The number of nitrogens with one attached hydrogen (secondary N) is 1. The van der Waals surface area contributed by atoms with Crippen molar-refractivity contribution in [3.8, 4) is 0 Å². The molecule has 6 nitrogen and oxygen atoms in total. The number of carboxylic acid groups (broad SMARTS) is 1. The Morgan fingerprint density at radius 2 is 2.13 bits per heavy atom. The van der Waals surface area contributed by atoms with Crippen LogP contribution in [-0.4, -0.2) is 45.5 Å². The maximum absolute atomic E-state index is 10.6. The van der Waals surface area contributed by atoms with Gasteiger partial charge in [0.1, 0.15) is 5.82 Å². The molecule has 4 N–H and O–H groups in total. The molecule has 0 unspecified atom stereocenters. The van der Waals surface area contributed by atoms with Crippen molar-refractivity contribution in [3.63, 3.8) is 0 Å². The van der Waals surface area contributed by atoms with Gasteiger partial charge < -0.3 is 20.6 Å². The highest BCUT2D eigenvalue weighted by molar-refractivity contribution is 5.88. The second kappa shape index (κ2) is 5.28. The lowest BCUT2D eigenvalue weighted by atomic mass is 10.2. The normalized spacial score (nSPS) is 10.3. The molecule has 0 atom stereocenters. The van der Waals surface area contributed by atoms with Gasteiger partial charge in [-0.3, -0.25) is 0 Å². The van der Waals surface area contributed by atoms with Gasteiger partial charge in [0.2, 0.25) is 0 Å². The van der Waals surface area contributed by atoms with Crippen molar-refractivity contribution in [2.45, 2.75) is 6.04 Å². The van der Waals surface area contributed by atoms with Crippen LogP contribution in [0.4, 0.5) is 5.82 Å². The van der Waals surface area contributed by atoms with Crippen LogP contribution in [0.15, 0.2) is 18.3 Å². The number of aliphatic hydroxyl groups is 2. The number of aliphatic hydroxyl groups excluding tert-OH is 2. The predicted octanol–water partition coefficient (Wildman–Crippen LogP) is -0.455. The summed E-state index contributed by atoms with van der Waals surface area (Å²) in [6.45, 7) is -0.509. The number of nitrogens with zero attached hydrogens (tertiary/aromatic N) is 1. The molecule has 0 aliphatic carbocycles. The van der Waals surface area contributed by atoms with Crippen molar-refractivity contribution < 1.29 is 20.1 Å². The van der Waals surface area contributed by atoms with Gasteiger partial charge in [0.05, 0.1) is 24.8 Å². The lowest BCUT2D eigenvalue weighted by molar-refractivity contribution is 0.0697. The molecule has 0 bridgehead atoms. The quantitative estimate of drug-likeness (QED) is 0.527. The Bertz CT molecular complexity index is 339. The number of pyridine rings is 1. The third-order valence-corrected chi connectivity index (χ3v) is 1.80. The molecule has 15 heavy (non-hydrogen) atoms. The van der Waals surface area contributed by atoms with Crippen LogP contribution >= 0.6 is 0 Å². The Labute approximate surface area is 86.2 Å². The van der Waals surface area contributed by atoms with E-state index in [1.54, 1.807) is 0 Å². The summed E-state index contributed by atoms with van der Waals surface area (Å²) >= 11 is 0. The number of hydrogen-bond donors (Lipinski definition) is 4. The van der Waals surface area contributed by atoms with E-state index in [-0.39, 0.29) is 18.8 Å². The van der Waals surface area contributed by atoms with Crippen molar-refractivity contribution in [1.82, 2.24) is 4.98 Å². The molecule has 0 saturated heterocycles. The fraction of sp³-hybridized carbons (Fsp3) is 0.333. The van der Waals surface area contributed by atoms with E-state index in [1.807, 2.05) is 0 Å². The Morgan fingerprint density at radius 1 is 1.47 bits per heavy atom. The van der Waals surface area contributed by atoms with Crippen LogP contribution in [0.3, 0.4) is 0 Å². The second-order valence-corrected chi connectivity index (χ2v) is 2.94. The van der Waals surface area contributed by atoms with Gasteiger partial charge in [-0.05, 0) is 12.1 Å². The summed E-state index contributed by atoms with van der Waals surface area (Å²) in [4.78, 5) is 14.5. The van der Waals surface area contributed by atoms with Crippen molar-refractivity contribution in [1.29, 1.82) is 0 Å². The molecule has 0 aliphatic rings. The molecule has 1 aromatic rings. The lowest BCUT2D eigenvalue weighted by Crippen LogP contribution is -2.28. The van der Waals surface area contributed by atoms with Crippen LogP contribution in [0.2, 0.25) is 0 Å². The highest BCUT2D eigenvalue weighted by Gasteiger charge is 2.08. The summed E-state index contributed by atoms with van der Waals surface area (Å²) in [6.07, 6.45) is 1.34. The van der Waals surface area contributed by atoms with Gasteiger partial charge in [0.25, 0.3) is 0 Å². The Balaban J connectivity index is 2.77. The van der Waals surface area contributed by atoms with Crippen LogP contribution < -0.4 is 5.32 Å². The van der Waals surface area contributed by atoms with Gasteiger partial charge in [0, 0.05) is 6.20 Å². The summed E-state index contributed by atoms with van der Waals surface area (Å²) in [6, 6.07) is 2.16. The average Bonchev–Trinajstić information content (AvgIpc) is 2.26. The third-order valence-electron chi connectivity index (χ3n) is 1.80. The molecule has 1 rings (SSSR count). The highest BCUT2D eigenvalue weighted by Crippen LogP contribution is 2.07. The van der Waals surface area contributed by atoms with Crippen LogP contribution in [-0.2, 0) is 0 Å². The largest absolute Gasteiger partial charge is 0.478 e. The number of hydrogen-bond acceptors (Lipinski definition) is 5. The van der Waals surface area contributed by atoms with Gasteiger partial charge in [-0.15, -0.1) is 0 Å². The summed E-state index contributed by atoms with van der Waals surface area (Å²) in [5.41, 5.74) is 0.0992. The molecule has 0 saturated carbocycles. The molecule has 0 aromatic carbocycles. The zero-order chi connectivity index (χ0) is 11.3. The fourth-order valence-corrected chi connectivity index (χ4v) is 1.00. The van der Waals surface area contributed by atoms with Crippen LogP contribution in [0.25, 0.3) is 0 Å². The first kappa shape index (κ1) is 11.4. The van der Waals surface area contributed by atoms with E-state index >= 15 is 0 Å². The second-order valence-electron chi connectivity index (χ2n) is 2.94. The van der Waals surface area contributed by atoms with Gasteiger partial charge in [-0.25, -0.2) is 9.78 Å². The van der Waals surface area contributed by atoms with E-state index in [9.17, 15) is 4.79 Å². The minimum atomic E-state index is -1.05. The van der Waals surface area contributed by atoms with E-state index in [4.69, 9.17) is 15.3 Å². The summed E-state index contributed by atoms with van der Waals surface area (Å²) < 4.78 is 0. The highest BCUT2D eigenvalue weighted by atomic mass is 16.4. The molecule has 1 aromatic heterocycles. The molecule has 82 valence electrons. The third kappa shape index (κ3) is 3.19. The maximum Gasteiger partial charge on any atom is 0.335 e. The first-order valence-electron chi connectivity index (χ1n) is 4.35. The summed E-state index contributed by atoms with van der Waals surface area (Å²) in [5, 5.41) is 29.0. The maximum atomic E-state index is 10.6. The molecular formula is C9H12N2O4. The molecule has 0 fully saturated rings. The topological polar surface area (TPSA) is 103 Å². The van der Waals surface area contributed by atoms with E-state index in [1.165, 1.54) is 18.3 Å². The number of aromatic nitrogens is 1. The monoisotopic (exact) mass is 212 g/mol.